The second-order valence-electron chi connectivity index (χ2n) is 2.74. The van der Waals surface area contributed by atoms with Crippen LogP contribution in [0.3, 0.4) is 0 Å². The zero-order valence-corrected chi connectivity index (χ0v) is 9.85. The van der Waals surface area contributed by atoms with Gasteiger partial charge in [0.2, 0.25) is 0 Å². The maximum Gasteiger partial charge on any atom is 0.175 e. The largest absolute Gasteiger partial charge is 0.175 e. The molecule has 0 bridgehead atoms. The first-order chi connectivity index (χ1) is 5.72. The first-order valence-corrected chi connectivity index (χ1v) is 6.75. The van der Waals surface area contributed by atoms with Gasteiger partial charge in [0.1, 0.15) is 0 Å². The van der Waals surface area contributed by atoms with E-state index in [-0.39, 0.29) is 0 Å². The van der Waals surface area contributed by atoms with Gasteiger partial charge in [-0.15, -0.1) is 10.2 Å². The summed E-state index contributed by atoms with van der Waals surface area (Å²) < 4.78 is 2.15. The van der Waals surface area contributed by atoms with Gasteiger partial charge in [-0.25, -0.2) is 0 Å². The van der Waals surface area contributed by atoms with Crippen LogP contribution in [0.1, 0.15) is 13.8 Å². The van der Waals surface area contributed by atoms with E-state index >= 15 is 0 Å². The Kier molecular flexibility index (Phi) is 4.39. The average molecular weight is 220 g/mol. The lowest BCUT2D eigenvalue weighted by atomic mass is 10.3. The molecule has 1 aromatic heterocycles. The number of nitrogens with zero attached hydrogens (tertiary/aromatic N) is 2. The van der Waals surface area contributed by atoms with Gasteiger partial charge >= 0.3 is 0 Å². The molecule has 0 aromatic carbocycles. The van der Waals surface area contributed by atoms with E-state index in [0.717, 1.165) is 20.4 Å². The number of rotatable bonds is 4. The summed E-state index contributed by atoms with van der Waals surface area (Å²) in [7, 11) is 0. The summed E-state index contributed by atoms with van der Waals surface area (Å²) in [5, 5.41) is 8.09. The molecular weight excluding hydrogens is 208 g/mol. The zero-order valence-electron chi connectivity index (χ0n) is 7.40. The van der Waals surface area contributed by atoms with Crippen molar-refractivity contribution in [3.8, 4) is 0 Å². The van der Waals surface area contributed by atoms with Gasteiger partial charge in [-0.3, -0.25) is 0 Å². The standard InChI is InChI=1S/C7H12N2S3/c1-5(2)4-11-7-9-8-6(10-3)12-7/h5H,4H2,1-3H3. The molecule has 1 rings (SSSR count). The Morgan fingerprint density at radius 2 is 2.00 bits per heavy atom. The van der Waals surface area contributed by atoms with Crippen LogP contribution in [-0.4, -0.2) is 22.2 Å². The number of thioether (sulfide) groups is 2. The van der Waals surface area contributed by atoms with Crippen LogP contribution >= 0.6 is 34.9 Å². The van der Waals surface area contributed by atoms with Crippen molar-refractivity contribution in [3.05, 3.63) is 0 Å². The van der Waals surface area contributed by atoms with Crippen LogP contribution < -0.4 is 0 Å². The highest BCUT2D eigenvalue weighted by molar-refractivity contribution is 8.02. The van der Waals surface area contributed by atoms with Crippen LogP contribution in [0.2, 0.25) is 0 Å². The molecule has 68 valence electrons. The van der Waals surface area contributed by atoms with Crippen molar-refractivity contribution < 1.29 is 0 Å². The molecule has 2 nitrogen and oxygen atoms in total. The highest BCUT2D eigenvalue weighted by Crippen LogP contribution is 2.28. The van der Waals surface area contributed by atoms with E-state index in [0.29, 0.717) is 0 Å². The van der Waals surface area contributed by atoms with Gasteiger partial charge in [0.05, 0.1) is 0 Å². The molecule has 0 saturated carbocycles. The predicted molar refractivity (Wildman–Crippen MR) is 57.3 cm³/mol. The Bertz CT molecular complexity index is 234. The van der Waals surface area contributed by atoms with Crippen molar-refractivity contribution in [2.45, 2.75) is 22.5 Å². The molecule has 0 aliphatic rings. The van der Waals surface area contributed by atoms with Gasteiger partial charge in [-0.1, -0.05) is 48.7 Å². The van der Waals surface area contributed by atoms with Gasteiger partial charge in [-0.05, 0) is 12.2 Å². The van der Waals surface area contributed by atoms with Gasteiger partial charge < -0.3 is 0 Å². The Labute approximate surface area is 85.6 Å². The lowest BCUT2D eigenvalue weighted by Gasteiger charge is -1.98. The van der Waals surface area contributed by atoms with Crippen LogP contribution in [0, 0.1) is 5.92 Å². The van der Waals surface area contributed by atoms with Crippen molar-refractivity contribution >= 4 is 34.9 Å². The molecule has 0 spiro atoms. The molecule has 0 atom stereocenters. The SMILES string of the molecule is CSc1nnc(SCC(C)C)s1. The fourth-order valence-corrected chi connectivity index (χ4v) is 2.99. The number of aromatic nitrogens is 2. The van der Waals surface area contributed by atoms with E-state index < -0.39 is 0 Å². The van der Waals surface area contributed by atoms with Crippen LogP contribution in [0.25, 0.3) is 0 Å². The quantitative estimate of drug-likeness (QED) is 0.729. The molecule has 0 aliphatic heterocycles. The molecule has 0 saturated heterocycles. The number of hydrogen-bond donors (Lipinski definition) is 0. The molecule has 0 N–H and O–H groups in total. The maximum atomic E-state index is 4.07. The van der Waals surface area contributed by atoms with Crippen molar-refractivity contribution in [1.29, 1.82) is 0 Å². The summed E-state index contributed by atoms with van der Waals surface area (Å²) in [6.07, 6.45) is 2.03. The molecule has 5 heteroatoms. The van der Waals surface area contributed by atoms with E-state index in [1.165, 1.54) is 0 Å². The summed E-state index contributed by atoms with van der Waals surface area (Å²) in [5.74, 6) is 1.85. The third-order valence-corrected chi connectivity index (χ3v) is 4.56. The second kappa shape index (κ2) is 5.09. The third kappa shape index (κ3) is 3.33. The van der Waals surface area contributed by atoms with E-state index in [4.69, 9.17) is 0 Å². The van der Waals surface area contributed by atoms with Crippen molar-refractivity contribution in [3.63, 3.8) is 0 Å². The van der Waals surface area contributed by atoms with Crippen molar-refractivity contribution in [2.75, 3.05) is 12.0 Å². The summed E-state index contributed by atoms with van der Waals surface area (Å²) in [6.45, 7) is 4.42. The molecule has 1 heterocycles. The summed E-state index contributed by atoms with van der Waals surface area (Å²) in [6, 6.07) is 0. The minimum Gasteiger partial charge on any atom is -0.131 e. The smallest absolute Gasteiger partial charge is 0.131 e. The van der Waals surface area contributed by atoms with E-state index in [9.17, 15) is 0 Å². The van der Waals surface area contributed by atoms with Crippen LogP contribution in [0.4, 0.5) is 0 Å². The fourth-order valence-electron chi connectivity index (χ4n) is 0.576. The second-order valence-corrected chi connectivity index (χ2v) is 6.04. The van der Waals surface area contributed by atoms with Gasteiger partial charge in [0.15, 0.2) is 8.68 Å². The normalized spacial score (nSPS) is 11.0. The predicted octanol–water partition coefficient (Wildman–Crippen LogP) is 3.01. The summed E-state index contributed by atoms with van der Waals surface area (Å²) in [5.41, 5.74) is 0. The average Bonchev–Trinajstić information content (AvgIpc) is 2.48. The van der Waals surface area contributed by atoms with E-state index in [2.05, 4.69) is 24.0 Å². The lowest BCUT2D eigenvalue weighted by molar-refractivity contribution is 0.749. The topological polar surface area (TPSA) is 25.8 Å². The Hall–Kier alpha value is 0.260. The first-order valence-electron chi connectivity index (χ1n) is 3.72. The molecule has 0 amide bonds. The Balaban J connectivity index is 2.41. The maximum absolute atomic E-state index is 4.07. The highest BCUT2D eigenvalue weighted by atomic mass is 32.2. The molecule has 1 aromatic rings. The molecule has 0 radical (unpaired) electrons. The summed E-state index contributed by atoms with van der Waals surface area (Å²) in [4.78, 5) is 0. The highest BCUT2D eigenvalue weighted by Gasteiger charge is 2.03. The third-order valence-electron chi connectivity index (χ3n) is 1.10. The molecule has 12 heavy (non-hydrogen) atoms. The monoisotopic (exact) mass is 220 g/mol. The van der Waals surface area contributed by atoms with Crippen LogP contribution in [-0.2, 0) is 0 Å². The molecule has 0 unspecified atom stereocenters. The zero-order chi connectivity index (χ0) is 8.97. The Morgan fingerprint density at radius 3 is 2.50 bits per heavy atom. The minimum absolute atomic E-state index is 0.719. The van der Waals surface area contributed by atoms with Crippen LogP contribution in [0.5, 0.6) is 0 Å². The van der Waals surface area contributed by atoms with Gasteiger partial charge in [0, 0.05) is 5.75 Å². The minimum atomic E-state index is 0.719. The van der Waals surface area contributed by atoms with Crippen molar-refractivity contribution in [1.82, 2.24) is 10.2 Å². The van der Waals surface area contributed by atoms with E-state index in [1.807, 2.05) is 6.26 Å². The molecule has 0 aliphatic carbocycles. The van der Waals surface area contributed by atoms with Crippen molar-refractivity contribution in [2.24, 2.45) is 5.92 Å². The summed E-state index contributed by atoms with van der Waals surface area (Å²) >= 11 is 5.13. The fraction of sp³-hybridized carbons (Fsp3) is 0.714. The number of hydrogen-bond acceptors (Lipinski definition) is 5. The molecular formula is C7H12N2S3. The van der Waals surface area contributed by atoms with Gasteiger partial charge in [-0.2, -0.15) is 0 Å². The first kappa shape index (κ1) is 10.3. The van der Waals surface area contributed by atoms with Gasteiger partial charge in [0.25, 0.3) is 0 Å². The molecule has 0 fully saturated rings. The Morgan fingerprint density at radius 1 is 1.33 bits per heavy atom. The van der Waals surface area contributed by atoms with E-state index in [1.54, 1.807) is 34.9 Å². The van der Waals surface area contributed by atoms with Crippen LogP contribution in [0.15, 0.2) is 8.68 Å². The lowest BCUT2D eigenvalue weighted by Crippen LogP contribution is -1.89.